The second kappa shape index (κ2) is 10.9. The molecule has 10 heteroatoms. The molecular formula is C17H24N4O6. The van der Waals surface area contributed by atoms with E-state index in [1.54, 1.807) is 30.3 Å². The van der Waals surface area contributed by atoms with E-state index in [4.69, 9.17) is 11.5 Å². The molecule has 1 aromatic carbocycles. The normalized spacial score (nSPS) is 13.9. The summed E-state index contributed by atoms with van der Waals surface area (Å²) in [5.74, 6) is -3.51. The Morgan fingerprint density at radius 1 is 1.00 bits per heavy atom. The predicted octanol–water partition coefficient (Wildman–Crippen LogP) is -2.13. The minimum Gasteiger partial charge on any atom is -0.480 e. The van der Waals surface area contributed by atoms with Crippen molar-refractivity contribution in [3.05, 3.63) is 35.9 Å². The number of aliphatic hydroxyl groups excluding tert-OH is 1. The van der Waals surface area contributed by atoms with E-state index in [1.165, 1.54) is 0 Å². The van der Waals surface area contributed by atoms with Gasteiger partial charge in [0, 0.05) is 12.8 Å². The molecule has 0 saturated heterocycles. The van der Waals surface area contributed by atoms with E-state index in [0.717, 1.165) is 0 Å². The van der Waals surface area contributed by atoms with Gasteiger partial charge in [-0.25, -0.2) is 4.79 Å². The van der Waals surface area contributed by atoms with Crippen molar-refractivity contribution in [2.24, 2.45) is 11.5 Å². The van der Waals surface area contributed by atoms with E-state index in [0.29, 0.717) is 5.56 Å². The van der Waals surface area contributed by atoms with Crippen LogP contribution in [0.15, 0.2) is 30.3 Å². The molecule has 8 N–H and O–H groups in total. The summed E-state index contributed by atoms with van der Waals surface area (Å²) in [5.41, 5.74) is 11.3. The van der Waals surface area contributed by atoms with Gasteiger partial charge in [-0.3, -0.25) is 14.4 Å². The maximum atomic E-state index is 12.2. The van der Waals surface area contributed by atoms with Gasteiger partial charge >= 0.3 is 5.97 Å². The molecule has 1 rings (SSSR count). The lowest BCUT2D eigenvalue weighted by atomic mass is 10.1. The van der Waals surface area contributed by atoms with Crippen LogP contribution in [0.1, 0.15) is 18.4 Å². The van der Waals surface area contributed by atoms with Gasteiger partial charge < -0.3 is 32.3 Å². The van der Waals surface area contributed by atoms with Crippen LogP contribution in [-0.2, 0) is 25.6 Å². The summed E-state index contributed by atoms with van der Waals surface area (Å²) in [7, 11) is 0. The monoisotopic (exact) mass is 380 g/mol. The van der Waals surface area contributed by atoms with E-state index >= 15 is 0 Å². The van der Waals surface area contributed by atoms with E-state index in [-0.39, 0.29) is 19.3 Å². The molecule has 0 aliphatic rings. The number of carboxylic acid groups (broad SMARTS) is 1. The largest absolute Gasteiger partial charge is 0.480 e. The lowest BCUT2D eigenvalue weighted by molar-refractivity contribution is -0.142. The number of carboxylic acids is 1. The van der Waals surface area contributed by atoms with Crippen LogP contribution in [0, 0.1) is 0 Å². The van der Waals surface area contributed by atoms with Crippen LogP contribution in [0.25, 0.3) is 0 Å². The highest BCUT2D eigenvalue weighted by atomic mass is 16.4. The Balaban J connectivity index is 2.67. The minimum absolute atomic E-state index is 0.0211. The summed E-state index contributed by atoms with van der Waals surface area (Å²) in [4.78, 5) is 46.3. The molecule has 0 heterocycles. The number of aliphatic carboxylic acids is 1. The molecule has 0 unspecified atom stereocenters. The Kier molecular flexibility index (Phi) is 8.90. The van der Waals surface area contributed by atoms with Gasteiger partial charge in [0.05, 0.1) is 12.6 Å². The third-order valence-electron chi connectivity index (χ3n) is 3.75. The summed E-state index contributed by atoms with van der Waals surface area (Å²) in [5, 5.41) is 23.2. The molecular weight excluding hydrogens is 356 g/mol. The number of aliphatic hydroxyl groups is 1. The molecule has 0 spiro atoms. The van der Waals surface area contributed by atoms with Crippen molar-refractivity contribution in [2.75, 3.05) is 6.61 Å². The van der Waals surface area contributed by atoms with Crippen molar-refractivity contribution in [3.63, 3.8) is 0 Å². The van der Waals surface area contributed by atoms with Crippen molar-refractivity contribution in [3.8, 4) is 0 Å². The van der Waals surface area contributed by atoms with Crippen molar-refractivity contribution >= 4 is 23.7 Å². The Hall–Kier alpha value is -2.98. The second-order valence-corrected chi connectivity index (χ2v) is 5.94. The number of amides is 3. The summed E-state index contributed by atoms with van der Waals surface area (Å²) < 4.78 is 0. The molecule has 0 bridgehead atoms. The second-order valence-electron chi connectivity index (χ2n) is 5.94. The quantitative estimate of drug-likeness (QED) is 0.253. The first-order valence-electron chi connectivity index (χ1n) is 8.26. The lowest BCUT2D eigenvalue weighted by Gasteiger charge is -2.21. The first-order chi connectivity index (χ1) is 12.7. The van der Waals surface area contributed by atoms with Crippen LogP contribution < -0.4 is 22.1 Å². The highest BCUT2D eigenvalue weighted by Gasteiger charge is 2.27. The average Bonchev–Trinajstić information content (AvgIpc) is 2.63. The van der Waals surface area contributed by atoms with Crippen LogP contribution >= 0.6 is 0 Å². The number of hydrogen-bond acceptors (Lipinski definition) is 6. The fourth-order valence-electron chi connectivity index (χ4n) is 2.22. The zero-order valence-corrected chi connectivity index (χ0v) is 14.6. The van der Waals surface area contributed by atoms with Crippen LogP contribution in [-0.4, -0.2) is 58.6 Å². The lowest BCUT2D eigenvalue weighted by Crippen LogP contribution is -2.56. The molecule has 3 amide bonds. The Morgan fingerprint density at radius 2 is 1.59 bits per heavy atom. The summed E-state index contributed by atoms with van der Waals surface area (Å²) >= 11 is 0. The number of primary amides is 1. The van der Waals surface area contributed by atoms with Crippen LogP contribution in [0.5, 0.6) is 0 Å². The Morgan fingerprint density at radius 3 is 2.11 bits per heavy atom. The number of nitrogens with one attached hydrogen (secondary N) is 2. The van der Waals surface area contributed by atoms with E-state index < -0.39 is 48.4 Å². The van der Waals surface area contributed by atoms with Crippen molar-refractivity contribution < 1.29 is 29.4 Å². The van der Waals surface area contributed by atoms with Crippen LogP contribution in [0.3, 0.4) is 0 Å². The van der Waals surface area contributed by atoms with Gasteiger partial charge in [-0.2, -0.15) is 0 Å². The van der Waals surface area contributed by atoms with Gasteiger partial charge in [-0.15, -0.1) is 0 Å². The van der Waals surface area contributed by atoms with E-state index in [2.05, 4.69) is 10.6 Å². The average molecular weight is 380 g/mol. The maximum Gasteiger partial charge on any atom is 0.326 e. The minimum atomic E-state index is -1.38. The molecule has 0 aliphatic heterocycles. The van der Waals surface area contributed by atoms with Crippen LogP contribution in [0.4, 0.5) is 0 Å². The topological polar surface area (TPSA) is 185 Å². The predicted molar refractivity (Wildman–Crippen MR) is 95.1 cm³/mol. The van der Waals surface area contributed by atoms with Gasteiger partial charge in [0.15, 0.2) is 0 Å². The molecule has 10 nitrogen and oxygen atoms in total. The maximum absolute atomic E-state index is 12.2. The third-order valence-corrected chi connectivity index (χ3v) is 3.75. The highest BCUT2D eigenvalue weighted by molar-refractivity contribution is 5.92. The Labute approximate surface area is 155 Å². The molecule has 0 radical (unpaired) electrons. The van der Waals surface area contributed by atoms with Crippen LogP contribution in [0.2, 0.25) is 0 Å². The standard InChI is InChI=1S/C17H24N4O6/c18-11(6-7-14(19)23)15(24)21-13(9-22)16(25)20-12(17(26)27)8-10-4-2-1-3-5-10/h1-5,11-13,22H,6-9,18H2,(H2,19,23)(H,20,25)(H,21,24)(H,26,27)/t11-,12-,13-/m0/s1. The number of carbonyl (C=O) groups excluding carboxylic acids is 3. The van der Waals surface area contributed by atoms with Gasteiger partial charge in [0.1, 0.15) is 12.1 Å². The molecule has 1 aromatic rings. The number of carbonyl (C=O) groups is 4. The van der Waals surface area contributed by atoms with E-state index in [1.807, 2.05) is 0 Å². The van der Waals surface area contributed by atoms with Gasteiger partial charge in [-0.1, -0.05) is 30.3 Å². The number of hydrogen-bond donors (Lipinski definition) is 6. The van der Waals surface area contributed by atoms with Gasteiger partial charge in [0.2, 0.25) is 17.7 Å². The molecule has 0 fully saturated rings. The molecule has 0 aliphatic carbocycles. The molecule has 0 aromatic heterocycles. The van der Waals surface area contributed by atoms with E-state index in [9.17, 15) is 29.4 Å². The van der Waals surface area contributed by atoms with Crippen molar-refractivity contribution in [1.29, 1.82) is 0 Å². The molecule has 0 saturated carbocycles. The fraction of sp³-hybridized carbons (Fsp3) is 0.412. The fourth-order valence-corrected chi connectivity index (χ4v) is 2.22. The summed E-state index contributed by atoms with van der Waals surface area (Å²) in [6.45, 7) is -0.752. The summed E-state index contributed by atoms with van der Waals surface area (Å²) in [6, 6.07) is 4.95. The zero-order chi connectivity index (χ0) is 20.4. The highest BCUT2D eigenvalue weighted by Crippen LogP contribution is 2.04. The number of nitrogens with two attached hydrogens (primary N) is 2. The van der Waals surface area contributed by atoms with Gasteiger partial charge in [-0.05, 0) is 12.0 Å². The first kappa shape index (κ1) is 22.1. The molecule has 148 valence electrons. The molecule has 27 heavy (non-hydrogen) atoms. The zero-order valence-electron chi connectivity index (χ0n) is 14.6. The number of rotatable bonds is 11. The molecule has 3 atom stereocenters. The van der Waals surface area contributed by atoms with Crippen molar-refractivity contribution in [1.82, 2.24) is 10.6 Å². The van der Waals surface area contributed by atoms with Crippen molar-refractivity contribution in [2.45, 2.75) is 37.4 Å². The smallest absolute Gasteiger partial charge is 0.326 e. The number of benzene rings is 1. The third kappa shape index (κ3) is 7.84. The SMILES string of the molecule is NC(=O)CC[C@H](N)C(=O)N[C@@H](CO)C(=O)N[C@@H](Cc1ccccc1)C(=O)O. The summed E-state index contributed by atoms with van der Waals surface area (Å²) in [6.07, 6.45) is -0.0957. The van der Waals surface area contributed by atoms with Gasteiger partial charge in [0.25, 0.3) is 0 Å². The first-order valence-corrected chi connectivity index (χ1v) is 8.26. The Bertz CT molecular complexity index is 667.